The minimum Gasteiger partial charge on any atom is -0.349 e. The van der Waals surface area contributed by atoms with Crippen LogP contribution in [0, 0.1) is 0 Å². The Morgan fingerprint density at radius 3 is 3.05 bits per heavy atom. The third-order valence-corrected chi connectivity index (χ3v) is 5.99. The van der Waals surface area contributed by atoms with Crippen molar-refractivity contribution in [1.82, 2.24) is 15.5 Å². The summed E-state index contributed by atoms with van der Waals surface area (Å²) in [5, 5.41) is 10.9. The smallest absolute Gasteiger partial charge is 0.230 e. The molecule has 3 rings (SSSR count). The van der Waals surface area contributed by atoms with Gasteiger partial charge >= 0.3 is 0 Å². The molecule has 2 aromatic rings. The van der Waals surface area contributed by atoms with E-state index in [1.807, 2.05) is 0 Å². The highest BCUT2D eigenvalue weighted by molar-refractivity contribution is 8.01. The van der Waals surface area contributed by atoms with Crippen molar-refractivity contribution in [3.05, 3.63) is 40.9 Å². The average molecular weight is 333 g/mol. The second-order valence-corrected chi connectivity index (χ2v) is 8.18. The van der Waals surface area contributed by atoms with Crippen LogP contribution in [0.1, 0.15) is 43.9 Å². The largest absolute Gasteiger partial charge is 0.349 e. The molecule has 0 saturated carbocycles. The van der Waals surface area contributed by atoms with Gasteiger partial charge in [0.25, 0.3) is 0 Å². The molecule has 1 aromatic heterocycles. The third kappa shape index (κ3) is 3.33. The van der Waals surface area contributed by atoms with E-state index in [4.69, 9.17) is 0 Å². The van der Waals surface area contributed by atoms with E-state index in [0.717, 1.165) is 17.2 Å². The molecule has 0 unspecified atom stereocenters. The van der Waals surface area contributed by atoms with Gasteiger partial charge in [0.1, 0.15) is 5.51 Å². The predicted molar refractivity (Wildman–Crippen MR) is 90.2 cm³/mol. The van der Waals surface area contributed by atoms with E-state index in [-0.39, 0.29) is 17.4 Å². The maximum atomic E-state index is 12.2. The van der Waals surface area contributed by atoms with Crippen LogP contribution in [0.5, 0.6) is 0 Å². The van der Waals surface area contributed by atoms with E-state index in [1.54, 1.807) is 5.51 Å². The zero-order chi connectivity index (χ0) is 15.6. The summed E-state index contributed by atoms with van der Waals surface area (Å²) in [5.74, 6) is 0.441. The highest BCUT2D eigenvalue weighted by Crippen LogP contribution is 2.41. The monoisotopic (exact) mass is 333 g/mol. The molecule has 0 fully saturated rings. The van der Waals surface area contributed by atoms with Crippen molar-refractivity contribution in [1.29, 1.82) is 0 Å². The van der Waals surface area contributed by atoms with E-state index < -0.39 is 0 Å². The van der Waals surface area contributed by atoms with E-state index in [9.17, 15) is 4.79 Å². The Morgan fingerprint density at radius 2 is 2.27 bits per heavy atom. The lowest BCUT2D eigenvalue weighted by molar-refractivity contribution is -0.119. The number of carbonyl (C=O) groups is 1. The van der Waals surface area contributed by atoms with Crippen LogP contribution in [0.25, 0.3) is 0 Å². The molecule has 0 saturated heterocycles. The van der Waals surface area contributed by atoms with Crippen LogP contribution < -0.4 is 5.32 Å². The molecule has 1 aliphatic rings. The Labute approximate surface area is 138 Å². The van der Waals surface area contributed by atoms with Gasteiger partial charge in [-0.15, -0.1) is 10.2 Å². The number of amides is 1. The number of aromatic nitrogens is 2. The summed E-state index contributed by atoms with van der Waals surface area (Å²) in [6.07, 6.45) is 2.07. The van der Waals surface area contributed by atoms with Gasteiger partial charge in [0.2, 0.25) is 5.91 Å². The maximum Gasteiger partial charge on any atom is 0.230 e. The first-order valence-corrected chi connectivity index (χ1v) is 9.20. The number of hydrogen-bond acceptors (Lipinski definition) is 5. The molecule has 0 bridgehead atoms. The minimum absolute atomic E-state index is 0.0553. The molecule has 22 heavy (non-hydrogen) atoms. The lowest BCUT2D eigenvalue weighted by Crippen LogP contribution is -2.36. The Kier molecular flexibility index (Phi) is 4.49. The van der Waals surface area contributed by atoms with E-state index in [2.05, 4.69) is 53.6 Å². The molecule has 0 aliphatic heterocycles. The van der Waals surface area contributed by atoms with Gasteiger partial charge in [-0.25, -0.2) is 0 Å². The SMILES string of the molecule is CC1(C)CC[C@H](NC(=O)CSc2nncs2)c2ccccc21. The molecule has 1 aliphatic carbocycles. The van der Waals surface area contributed by atoms with Crippen molar-refractivity contribution in [2.75, 3.05) is 5.75 Å². The molecule has 1 heterocycles. The predicted octanol–water partition coefficient (Wildman–Crippen LogP) is 3.56. The normalized spacial score (nSPS) is 19.5. The minimum atomic E-state index is 0.0553. The molecule has 1 atom stereocenters. The second-order valence-electron chi connectivity index (χ2n) is 6.12. The van der Waals surface area contributed by atoms with Crippen molar-refractivity contribution in [2.24, 2.45) is 0 Å². The van der Waals surface area contributed by atoms with Crippen molar-refractivity contribution >= 4 is 29.0 Å². The van der Waals surface area contributed by atoms with Crippen molar-refractivity contribution < 1.29 is 4.79 Å². The fourth-order valence-corrected chi connectivity index (χ4v) is 4.25. The van der Waals surface area contributed by atoms with Crippen molar-refractivity contribution in [3.8, 4) is 0 Å². The van der Waals surface area contributed by atoms with E-state index >= 15 is 0 Å². The third-order valence-electron chi connectivity index (χ3n) is 4.13. The summed E-state index contributed by atoms with van der Waals surface area (Å²) in [6.45, 7) is 4.55. The quantitative estimate of drug-likeness (QED) is 0.869. The highest BCUT2D eigenvalue weighted by Gasteiger charge is 2.32. The van der Waals surface area contributed by atoms with Crippen LogP contribution in [0.4, 0.5) is 0 Å². The first-order chi connectivity index (χ1) is 10.6. The van der Waals surface area contributed by atoms with Gasteiger partial charge in [-0.3, -0.25) is 4.79 Å². The number of fused-ring (bicyclic) bond motifs is 1. The summed E-state index contributed by atoms with van der Waals surface area (Å²) >= 11 is 2.90. The Bertz CT molecular complexity index is 655. The van der Waals surface area contributed by atoms with E-state index in [1.165, 1.54) is 34.2 Å². The van der Waals surface area contributed by atoms with Crippen molar-refractivity contribution in [2.45, 2.75) is 42.5 Å². The summed E-state index contributed by atoms with van der Waals surface area (Å²) in [5.41, 5.74) is 4.47. The van der Waals surface area contributed by atoms with Crippen LogP contribution in [-0.2, 0) is 10.2 Å². The fourth-order valence-electron chi connectivity index (χ4n) is 2.95. The molecule has 6 heteroatoms. The average Bonchev–Trinajstić information content (AvgIpc) is 3.02. The second kappa shape index (κ2) is 6.38. The summed E-state index contributed by atoms with van der Waals surface area (Å²) < 4.78 is 0.834. The Morgan fingerprint density at radius 1 is 1.45 bits per heavy atom. The topological polar surface area (TPSA) is 54.9 Å². The molecule has 1 aromatic carbocycles. The zero-order valence-electron chi connectivity index (χ0n) is 12.7. The molecule has 4 nitrogen and oxygen atoms in total. The lowest BCUT2D eigenvalue weighted by atomic mass is 9.71. The summed E-state index contributed by atoms with van der Waals surface area (Å²) in [7, 11) is 0. The van der Waals surface area contributed by atoms with E-state index in [0.29, 0.717) is 5.75 Å². The first kappa shape index (κ1) is 15.5. The number of rotatable bonds is 4. The fraction of sp³-hybridized carbons (Fsp3) is 0.438. The Hall–Kier alpha value is -1.40. The zero-order valence-corrected chi connectivity index (χ0v) is 14.3. The standard InChI is InChI=1S/C16H19N3OS2/c1-16(2)8-7-13(11-5-3-4-6-12(11)16)18-14(20)9-21-15-19-17-10-22-15/h3-6,10,13H,7-9H2,1-2H3,(H,18,20)/t13-/m0/s1. The number of benzene rings is 1. The summed E-state index contributed by atoms with van der Waals surface area (Å²) in [4.78, 5) is 12.2. The van der Waals surface area contributed by atoms with Crippen molar-refractivity contribution in [3.63, 3.8) is 0 Å². The maximum absolute atomic E-state index is 12.2. The number of thioether (sulfide) groups is 1. The molecule has 0 spiro atoms. The molecule has 0 radical (unpaired) electrons. The van der Waals surface area contributed by atoms with Gasteiger partial charge in [-0.2, -0.15) is 0 Å². The van der Waals surface area contributed by atoms with Gasteiger partial charge in [-0.1, -0.05) is 61.2 Å². The Balaban J connectivity index is 1.67. The van der Waals surface area contributed by atoms with Crippen LogP contribution in [0.2, 0.25) is 0 Å². The first-order valence-electron chi connectivity index (χ1n) is 7.34. The number of nitrogens with zero attached hydrogens (tertiary/aromatic N) is 2. The number of nitrogens with one attached hydrogen (secondary N) is 1. The van der Waals surface area contributed by atoms with Gasteiger partial charge in [-0.05, 0) is 29.4 Å². The molecule has 1 N–H and O–H groups in total. The molecule has 116 valence electrons. The number of carbonyl (C=O) groups excluding carboxylic acids is 1. The molecule has 1 amide bonds. The van der Waals surface area contributed by atoms with Gasteiger partial charge < -0.3 is 5.32 Å². The van der Waals surface area contributed by atoms with Gasteiger partial charge in [0.15, 0.2) is 4.34 Å². The lowest BCUT2D eigenvalue weighted by Gasteiger charge is -2.37. The molecular formula is C16H19N3OS2. The molecular weight excluding hydrogens is 314 g/mol. The summed E-state index contributed by atoms with van der Waals surface area (Å²) in [6, 6.07) is 8.57. The van der Waals surface area contributed by atoms with Crippen LogP contribution >= 0.6 is 23.1 Å². The van der Waals surface area contributed by atoms with Crippen LogP contribution in [0.3, 0.4) is 0 Å². The van der Waals surface area contributed by atoms with Crippen LogP contribution in [0.15, 0.2) is 34.1 Å². The van der Waals surface area contributed by atoms with Gasteiger partial charge in [0.05, 0.1) is 11.8 Å². The van der Waals surface area contributed by atoms with Gasteiger partial charge in [0, 0.05) is 0 Å². The highest BCUT2D eigenvalue weighted by atomic mass is 32.2. The van der Waals surface area contributed by atoms with Crippen LogP contribution in [-0.4, -0.2) is 21.9 Å². The number of hydrogen-bond donors (Lipinski definition) is 1.